The van der Waals surface area contributed by atoms with Gasteiger partial charge in [-0.15, -0.1) is 0 Å². The Labute approximate surface area is 137 Å². The van der Waals surface area contributed by atoms with Gasteiger partial charge in [-0.3, -0.25) is 4.79 Å². The zero-order valence-corrected chi connectivity index (χ0v) is 14.1. The molecular weight excluding hydrogens is 296 g/mol. The van der Waals surface area contributed by atoms with Crippen LogP contribution >= 0.6 is 0 Å². The molecule has 0 aliphatic heterocycles. The van der Waals surface area contributed by atoms with E-state index in [4.69, 9.17) is 15.2 Å². The highest BCUT2D eigenvalue weighted by molar-refractivity contribution is 5.95. The molecule has 6 nitrogen and oxygen atoms in total. The Balaban J connectivity index is 2.73. The molecule has 6 heteroatoms. The van der Waals surface area contributed by atoms with Crippen LogP contribution in [0.2, 0.25) is 0 Å². The molecule has 1 aromatic rings. The molecule has 0 fully saturated rings. The minimum Gasteiger partial charge on any atom is -0.482 e. The summed E-state index contributed by atoms with van der Waals surface area (Å²) in [6.45, 7) is 6.09. The summed E-state index contributed by atoms with van der Waals surface area (Å²) in [5.74, 6) is -0.0456. The molecule has 1 aromatic carbocycles. The molecule has 23 heavy (non-hydrogen) atoms. The summed E-state index contributed by atoms with van der Waals surface area (Å²) >= 11 is 0. The number of carbonyl (C=O) groups is 2. The fourth-order valence-electron chi connectivity index (χ4n) is 2.22. The highest BCUT2D eigenvalue weighted by Gasteiger charge is 2.33. The van der Waals surface area contributed by atoms with Crippen LogP contribution in [-0.2, 0) is 14.3 Å². The molecule has 0 heterocycles. The SMILES string of the molecule is CCOC(=O)COc1cccc(NC(=O)C(CC)(CC)CN)c1. The summed E-state index contributed by atoms with van der Waals surface area (Å²) in [5, 5.41) is 2.87. The largest absolute Gasteiger partial charge is 0.482 e. The van der Waals surface area contributed by atoms with E-state index in [0.717, 1.165) is 0 Å². The van der Waals surface area contributed by atoms with Crippen molar-refractivity contribution in [2.45, 2.75) is 33.6 Å². The normalized spacial score (nSPS) is 11.0. The third-order valence-corrected chi connectivity index (χ3v) is 3.98. The number of esters is 1. The van der Waals surface area contributed by atoms with Crippen LogP contribution in [0.3, 0.4) is 0 Å². The summed E-state index contributed by atoms with van der Waals surface area (Å²) in [6, 6.07) is 6.90. The number of nitrogens with two attached hydrogens (primary N) is 1. The fraction of sp³-hybridized carbons (Fsp3) is 0.529. The highest BCUT2D eigenvalue weighted by atomic mass is 16.6. The Kier molecular flexibility index (Phi) is 7.54. The summed E-state index contributed by atoms with van der Waals surface area (Å²) in [6.07, 6.45) is 1.34. The number of rotatable bonds is 9. The minimum absolute atomic E-state index is 0.104. The van der Waals surface area contributed by atoms with Gasteiger partial charge in [0.05, 0.1) is 12.0 Å². The van der Waals surface area contributed by atoms with Crippen molar-refractivity contribution in [2.24, 2.45) is 11.1 Å². The number of hydrogen-bond donors (Lipinski definition) is 2. The molecule has 0 aliphatic carbocycles. The zero-order valence-electron chi connectivity index (χ0n) is 14.1. The van der Waals surface area contributed by atoms with Crippen molar-refractivity contribution in [3.8, 4) is 5.75 Å². The molecule has 3 N–H and O–H groups in total. The van der Waals surface area contributed by atoms with Gasteiger partial charge in [-0.2, -0.15) is 0 Å². The molecule has 0 aromatic heterocycles. The lowest BCUT2D eigenvalue weighted by Gasteiger charge is -2.28. The fourth-order valence-corrected chi connectivity index (χ4v) is 2.22. The third kappa shape index (κ3) is 5.25. The Morgan fingerprint density at radius 3 is 2.48 bits per heavy atom. The third-order valence-electron chi connectivity index (χ3n) is 3.98. The maximum absolute atomic E-state index is 12.5. The maximum atomic E-state index is 12.5. The van der Waals surface area contributed by atoms with E-state index in [9.17, 15) is 9.59 Å². The van der Waals surface area contributed by atoms with E-state index in [2.05, 4.69) is 5.32 Å². The second-order valence-corrected chi connectivity index (χ2v) is 5.27. The van der Waals surface area contributed by atoms with Gasteiger partial charge < -0.3 is 20.5 Å². The number of ether oxygens (including phenoxy) is 2. The van der Waals surface area contributed by atoms with Gasteiger partial charge in [-0.25, -0.2) is 4.79 Å². The topological polar surface area (TPSA) is 90.6 Å². The zero-order chi connectivity index (χ0) is 17.3. The summed E-state index contributed by atoms with van der Waals surface area (Å²) in [5.41, 5.74) is 5.83. The van der Waals surface area contributed by atoms with Gasteiger partial charge in [-0.05, 0) is 31.9 Å². The Morgan fingerprint density at radius 2 is 1.91 bits per heavy atom. The van der Waals surface area contributed by atoms with Crippen LogP contribution in [0.1, 0.15) is 33.6 Å². The van der Waals surface area contributed by atoms with Crippen LogP contribution in [0, 0.1) is 5.41 Å². The molecular formula is C17H26N2O4. The monoisotopic (exact) mass is 322 g/mol. The molecule has 128 valence electrons. The lowest BCUT2D eigenvalue weighted by atomic mass is 9.81. The highest BCUT2D eigenvalue weighted by Crippen LogP contribution is 2.27. The average molecular weight is 322 g/mol. The van der Waals surface area contributed by atoms with Gasteiger partial charge in [0.15, 0.2) is 6.61 Å². The van der Waals surface area contributed by atoms with Crippen LogP contribution in [0.4, 0.5) is 5.69 Å². The molecule has 1 rings (SSSR count). The van der Waals surface area contributed by atoms with E-state index in [1.165, 1.54) is 0 Å². The lowest BCUT2D eigenvalue weighted by molar-refractivity contribution is -0.145. The average Bonchev–Trinajstić information content (AvgIpc) is 2.56. The molecule has 0 atom stereocenters. The van der Waals surface area contributed by atoms with Gasteiger partial charge >= 0.3 is 5.97 Å². The predicted octanol–water partition coefficient (Wildman–Crippen LogP) is 2.33. The molecule has 0 aliphatic rings. The molecule has 0 spiro atoms. The van der Waals surface area contributed by atoms with Gasteiger partial charge in [-0.1, -0.05) is 19.9 Å². The first-order valence-electron chi connectivity index (χ1n) is 7.91. The number of nitrogens with one attached hydrogen (secondary N) is 1. The van der Waals surface area contributed by atoms with Crippen LogP contribution in [0.15, 0.2) is 24.3 Å². The smallest absolute Gasteiger partial charge is 0.344 e. The van der Waals surface area contributed by atoms with E-state index in [1.54, 1.807) is 31.2 Å². The van der Waals surface area contributed by atoms with Crippen LogP contribution < -0.4 is 15.8 Å². The molecule has 0 saturated carbocycles. The first-order valence-corrected chi connectivity index (χ1v) is 7.91. The number of hydrogen-bond acceptors (Lipinski definition) is 5. The van der Waals surface area contributed by atoms with E-state index in [1.807, 2.05) is 13.8 Å². The van der Waals surface area contributed by atoms with Gasteiger partial charge in [0.25, 0.3) is 0 Å². The maximum Gasteiger partial charge on any atom is 0.344 e. The quantitative estimate of drug-likeness (QED) is 0.681. The van der Waals surface area contributed by atoms with Crippen molar-refractivity contribution in [3.05, 3.63) is 24.3 Å². The van der Waals surface area contributed by atoms with Crippen LogP contribution in [0.5, 0.6) is 5.75 Å². The van der Waals surface area contributed by atoms with Crippen molar-refractivity contribution >= 4 is 17.6 Å². The van der Waals surface area contributed by atoms with Crippen molar-refractivity contribution in [1.82, 2.24) is 0 Å². The van der Waals surface area contributed by atoms with Crippen LogP contribution in [-0.4, -0.2) is 31.6 Å². The van der Waals surface area contributed by atoms with E-state index in [0.29, 0.717) is 37.4 Å². The number of benzene rings is 1. The summed E-state index contributed by atoms with van der Waals surface area (Å²) < 4.78 is 10.2. The minimum atomic E-state index is -0.568. The first-order chi connectivity index (χ1) is 11.0. The van der Waals surface area contributed by atoms with Gasteiger partial charge in [0.1, 0.15) is 5.75 Å². The number of carbonyl (C=O) groups excluding carboxylic acids is 2. The molecule has 0 saturated heterocycles. The number of amides is 1. The Hall–Kier alpha value is -2.08. The van der Waals surface area contributed by atoms with E-state index >= 15 is 0 Å². The van der Waals surface area contributed by atoms with Gasteiger partial charge in [0, 0.05) is 18.3 Å². The lowest BCUT2D eigenvalue weighted by Crippen LogP contribution is -2.41. The molecule has 0 radical (unpaired) electrons. The van der Waals surface area contributed by atoms with Crippen LogP contribution in [0.25, 0.3) is 0 Å². The standard InChI is InChI=1S/C17H26N2O4/c1-4-17(5-2,12-18)16(21)19-13-8-7-9-14(10-13)23-11-15(20)22-6-3/h7-10H,4-6,11-12,18H2,1-3H3,(H,19,21). The summed E-state index contributed by atoms with van der Waals surface area (Å²) in [7, 11) is 0. The molecule has 1 amide bonds. The second kappa shape index (κ2) is 9.15. The Morgan fingerprint density at radius 1 is 1.22 bits per heavy atom. The van der Waals surface area contributed by atoms with Crippen molar-refractivity contribution < 1.29 is 19.1 Å². The van der Waals surface area contributed by atoms with Gasteiger partial charge in [0.2, 0.25) is 5.91 Å². The number of anilines is 1. The second-order valence-electron chi connectivity index (χ2n) is 5.27. The Bertz CT molecular complexity index is 519. The molecule has 0 bridgehead atoms. The molecule has 0 unspecified atom stereocenters. The summed E-state index contributed by atoms with van der Waals surface area (Å²) in [4.78, 5) is 23.8. The first kappa shape index (κ1) is 19.0. The van der Waals surface area contributed by atoms with Crippen molar-refractivity contribution in [1.29, 1.82) is 0 Å². The van der Waals surface area contributed by atoms with E-state index < -0.39 is 11.4 Å². The predicted molar refractivity (Wildman–Crippen MR) is 89.3 cm³/mol. The van der Waals surface area contributed by atoms with Crippen molar-refractivity contribution in [3.63, 3.8) is 0 Å². The van der Waals surface area contributed by atoms with Crippen molar-refractivity contribution in [2.75, 3.05) is 25.1 Å². The van der Waals surface area contributed by atoms with E-state index in [-0.39, 0.29) is 12.5 Å².